The number of allylic oxidation sites excluding steroid dienone is 1. The zero-order chi connectivity index (χ0) is 15.1. The van der Waals surface area contributed by atoms with Crippen molar-refractivity contribution in [1.82, 2.24) is 4.90 Å². The van der Waals surface area contributed by atoms with E-state index < -0.39 is 0 Å². The molecule has 0 fully saturated rings. The molecule has 0 radical (unpaired) electrons. The molecule has 1 aliphatic carbocycles. The van der Waals surface area contributed by atoms with E-state index in [4.69, 9.17) is 5.26 Å². The van der Waals surface area contributed by atoms with E-state index in [9.17, 15) is 4.79 Å². The molecule has 1 aliphatic rings. The minimum atomic E-state index is 0.0528. The summed E-state index contributed by atoms with van der Waals surface area (Å²) in [6.45, 7) is 1.34. The molecule has 3 nitrogen and oxygen atoms in total. The summed E-state index contributed by atoms with van der Waals surface area (Å²) in [5, 5.41) is 8.95. The van der Waals surface area contributed by atoms with Crippen LogP contribution in [0.3, 0.4) is 0 Å². The van der Waals surface area contributed by atoms with E-state index >= 15 is 0 Å². The maximum atomic E-state index is 11.9. The molecule has 1 aromatic rings. The summed E-state index contributed by atoms with van der Waals surface area (Å²) in [6.07, 6.45) is 4.71. The van der Waals surface area contributed by atoms with Crippen molar-refractivity contribution in [3.63, 3.8) is 0 Å². The average Bonchev–Trinajstić information content (AvgIpc) is 2.55. The fourth-order valence-electron chi connectivity index (χ4n) is 2.62. The molecule has 2 rings (SSSR count). The van der Waals surface area contributed by atoms with Gasteiger partial charge < -0.3 is 0 Å². The summed E-state index contributed by atoms with van der Waals surface area (Å²) in [4.78, 5) is 14.2. The normalized spacial score (nSPS) is 18.1. The summed E-state index contributed by atoms with van der Waals surface area (Å²) in [7, 11) is 0. The Morgan fingerprint density at radius 1 is 1.43 bits per heavy atom. The minimum absolute atomic E-state index is 0.0528. The van der Waals surface area contributed by atoms with Crippen molar-refractivity contribution in [2.45, 2.75) is 37.7 Å². The van der Waals surface area contributed by atoms with Gasteiger partial charge in [0.25, 0.3) is 0 Å². The average molecular weight is 347 g/mol. The molecule has 0 spiro atoms. The van der Waals surface area contributed by atoms with Crippen LogP contribution in [0.1, 0.15) is 24.8 Å². The van der Waals surface area contributed by atoms with Gasteiger partial charge in [0.15, 0.2) is 0 Å². The van der Waals surface area contributed by atoms with Crippen LogP contribution >= 0.6 is 0 Å². The summed E-state index contributed by atoms with van der Waals surface area (Å²) < 4.78 is 0.341. The third-order valence-corrected chi connectivity index (χ3v) is 5.06. The second-order valence-electron chi connectivity index (χ2n) is 5.24. The van der Waals surface area contributed by atoms with Gasteiger partial charge in [0.2, 0.25) is 0 Å². The fourth-order valence-corrected chi connectivity index (χ4v) is 3.23. The van der Waals surface area contributed by atoms with Gasteiger partial charge in [-0.1, -0.05) is 0 Å². The Labute approximate surface area is 132 Å². The molecule has 1 atom stereocenters. The van der Waals surface area contributed by atoms with E-state index in [2.05, 4.69) is 23.1 Å². The molecular weight excluding hydrogens is 327 g/mol. The van der Waals surface area contributed by atoms with E-state index in [1.165, 1.54) is 5.56 Å². The quantitative estimate of drug-likeness (QED) is 0.744. The maximum absolute atomic E-state index is 11.9. The molecule has 0 saturated heterocycles. The molecule has 1 aromatic carbocycles. The zero-order valence-electron chi connectivity index (χ0n) is 12.3. The van der Waals surface area contributed by atoms with Gasteiger partial charge in [-0.05, 0) is 0 Å². The number of rotatable bonds is 6. The summed E-state index contributed by atoms with van der Waals surface area (Å²) >= 11 is 0.0528. The number of hydrogen-bond donors (Lipinski definition) is 0. The number of carbonyl (C=O) groups is 1. The third kappa shape index (κ3) is 4.82. The number of hydrogen-bond acceptors (Lipinski definition) is 3. The molecular formula is C17H20N2OSe. The number of carbonyl (C=O) groups excluding carboxylic acids is 1. The number of benzene rings is 1. The van der Waals surface area contributed by atoms with Crippen molar-refractivity contribution in [3.05, 3.63) is 47.5 Å². The van der Waals surface area contributed by atoms with Crippen molar-refractivity contribution in [2.75, 3.05) is 6.54 Å². The van der Waals surface area contributed by atoms with E-state index in [1.807, 2.05) is 30.1 Å². The first-order chi connectivity index (χ1) is 10.2. The van der Waals surface area contributed by atoms with Crippen LogP contribution in [-0.4, -0.2) is 37.1 Å². The SMILES string of the molecule is C[Se]C(=O)CN(Cc1ccccc1)C1CC=C(C#N)CC1. The fraction of sp³-hybridized carbons (Fsp3) is 0.412. The van der Waals surface area contributed by atoms with Gasteiger partial charge in [0.1, 0.15) is 0 Å². The van der Waals surface area contributed by atoms with Crippen LogP contribution in [0.4, 0.5) is 0 Å². The Balaban J connectivity index is 2.07. The van der Waals surface area contributed by atoms with Crippen molar-refractivity contribution in [2.24, 2.45) is 0 Å². The van der Waals surface area contributed by atoms with Gasteiger partial charge in [0.05, 0.1) is 0 Å². The van der Waals surface area contributed by atoms with E-state index in [0.29, 0.717) is 17.3 Å². The molecule has 0 aliphatic heterocycles. The number of nitriles is 1. The van der Waals surface area contributed by atoms with E-state index in [0.717, 1.165) is 31.4 Å². The molecule has 0 N–H and O–H groups in total. The molecule has 0 aromatic heterocycles. The van der Waals surface area contributed by atoms with Crippen molar-refractivity contribution in [1.29, 1.82) is 5.26 Å². The molecule has 21 heavy (non-hydrogen) atoms. The van der Waals surface area contributed by atoms with Crippen molar-refractivity contribution < 1.29 is 4.79 Å². The third-order valence-electron chi connectivity index (χ3n) is 3.83. The summed E-state index contributed by atoms with van der Waals surface area (Å²) in [6, 6.07) is 12.9. The van der Waals surface area contributed by atoms with Crippen molar-refractivity contribution >= 4 is 19.6 Å². The first kappa shape index (κ1) is 16.0. The number of nitrogens with zero attached hydrogens (tertiary/aromatic N) is 2. The van der Waals surface area contributed by atoms with Crippen LogP contribution in [0.2, 0.25) is 5.82 Å². The standard InChI is InChI=1S/C17H20N2OSe/c1-21-17(20)13-19(12-15-5-3-2-4-6-15)16-9-7-14(11-18)8-10-16/h2-7,16H,8-10,12-13H2,1H3. The zero-order valence-corrected chi connectivity index (χ0v) is 14.0. The Kier molecular flexibility index (Phi) is 6.20. The summed E-state index contributed by atoms with van der Waals surface area (Å²) in [5.41, 5.74) is 2.13. The predicted molar refractivity (Wildman–Crippen MR) is 84.8 cm³/mol. The van der Waals surface area contributed by atoms with Crippen LogP contribution < -0.4 is 0 Å². The Hall–Kier alpha value is -1.40. The van der Waals surface area contributed by atoms with Crippen LogP contribution in [-0.2, 0) is 11.3 Å². The first-order valence-corrected chi connectivity index (χ1v) is 9.74. The monoisotopic (exact) mass is 348 g/mol. The van der Waals surface area contributed by atoms with E-state index in [-0.39, 0.29) is 15.0 Å². The van der Waals surface area contributed by atoms with Crippen molar-refractivity contribution in [3.8, 4) is 6.07 Å². The van der Waals surface area contributed by atoms with Gasteiger partial charge in [0, 0.05) is 0 Å². The molecule has 4 heteroatoms. The van der Waals surface area contributed by atoms with Crippen LogP contribution in [0.15, 0.2) is 42.0 Å². The van der Waals surface area contributed by atoms with Crippen LogP contribution in [0.5, 0.6) is 0 Å². The Bertz CT molecular complexity index is 548. The van der Waals surface area contributed by atoms with Crippen LogP contribution in [0.25, 0.3) is 0 Å². The Morgan fingerprint density at radius 2 is 2.19 bits per heavy atom. The van der Waals surface area contributed by atoms with Gasteiger partial charge in [-0.3, -0.25) is 0 Å². The molecule has 0 heterocycles. The second-order valence-corrected chi connectivity index (χ2v) is 7.05. The van der Waals surface area contributed by atoms with Crippen LogP contribution in [0, 0.1) is 11.3 Å². The molecule has 110 valence electrons. The molecule has 1 unspecified atom stereocenters. The van der Waals surface area contributed by atoms with Gasteiger partial charge in [-0.25, -0.2) is 0 Å². The van der Waals surface area contributed by atoms with E-state index in [1.54, 1.807) is 0 Å². The summed E-state index contributed by atoms with van der Waals surface area (Å²) in [5.74, 6) is 1.98. The first-order valence-electron chi connectivity index (χ1n) is 7.17. The molecule has 0 amide bonds. The second kappa shape index (κ2) is 8.14. The Morgan fingerprint density at radius 3 is 2.76 bits per heavy atom. The van der Waals surface area contributed by atoms with Gasteiger partial charge in [-0.2, -0.15) is 0 Å². The molecule has 0 saturated carbocycles. The predicted octanol–water partition coefficient (Wildman–Crippen LogP) is 2.77. The van der Waals surface area contributed by atoms with Gasteiger partial charge >= 0.3 is 132 Å². The molecule has 0 bridgehead atoms. The topological polar surface area (TPSA) is 44.1 Å². The van der Waals surface area contributed by atoms with Gasteiger partial charge in [-0.15, -0.1) is 0 Å².